The van der Waals surface area contributed by atoms with Crippen molar-refractivity contribution in [1.29, 1.82) is 0 Å². The average molecular weight is 280 g/mol. The Labute approximate surface area is 113 Å². The second-order valence-electron chi connectivity index (χ2n) is 4.43. The van der Waals surface area contributed by atoms with Gasteiger partial charge in [-0.3, -0.25) is 0 Å². The molecule has 7 heteroatoms. The molecule has 5 atom stereocenters. The molecular formula is C12H24O7. The smallest absolute Gasteiger partial charge is 0.115 e. The molecule has 0 saturated carbocycles. The van der Waals surface area contributed by atoms with E-state index < -0.39 is 30.5 Å². The van der Waals surface area contributed by atoms with Gasteiger partial charge in [0.25, 0.3) is 0 Å². The van der Waals surface area contributed by atoms with Gasteiger partial charge in [0.1, 0.15) is 24.4 Å². The van der Waals surface area contributed by atoms with Crippen LogP contribution in [0, 0.1) is 0 Å². The number of aliphatic hydroxyl groups is 3. The Hall–Kier alpha value is -0.280. The number of methoxy groups -OCH3 is 1. The van der Waals surface area contributed by atoms with Gasteiger partial charge < -0.3 is 34.3 Å². The lowest BCUT2D eigenvalue weighted by Gasteiger charge is -2.43. The molecule has 19 heavy (non-hydrogen) atoms. The Morgan fingerprint density at radius 1 is 1.11 bits per heavy atom. The molecule has 1 saturated heterocycles. The lowest BCUT2D eigenvalue weighted by Crippen LogP contribution is -2.59. The van der Waals surface area contributed by atoms with Gasteiger partial charge in [-0.15, -0.1) is 0 Å². The summed E-state index contributed by atoms with van der Waals surface area (Å²) in [6.45, 7) is 2.14. The highest BCUT2D eigenvalue weighted by Crippen LogP contribution is 2.25. The Morgan fingerprint density at radius 3 is 2.37 bits per heavy atom. The predicted molar refractivity (Wildman–Crippen MR) is 65.9 cm³/mol. The van der Waals surface area contributed by atoms with Crippen LogP contribution in [0.15, 0.2) is 0 Å². The fourth-order valence-electron chi connectivity index (χ4n) is 2.17. The van der Waals surface area contributed by atoms with E-state index in [1.807, 2.05) is 0 Å². The van der Waals surface area contributed by atoms with Gasteiger partial charge in [0.15, 0.2) is 0 Å². The molecule has 1 aliphatic heterocycles. The zero-order chi connectivity index (χ0) is 14.3. The van der Waals surface area contributed by atoms with Crippen LogP contribution in [0.5, 0.6) is 0 Å². The fourth-order valence-corrected chi connectivity index (χ4v) is 2.17. The van der Waals surface area contributed by atoms with Crippen LogP contribution in [-0.2, 0) is 18.9 Å². The van der Waals surface area contributed by atoms with Crippen molar-refractivity contribution < 1.29 is 34.3 Å². The number of ether oxygens (including phenoxy) is 4. The minimum atomic E-state index is -0.828. The van der Waals surface area contributed by atoms with Crippen LogP contribution < -0.4 is 0 Å². The van der Waals surface area contributed by atoms with Crippen molar-refractivity contribution in [2.75, 3.05) is 40.1 Å². The maximum Gasteiger partial charge on any atom is 0.115 e. The van der Waals surface area contributed by atoms with Crippen LogP contribution in [0.3, 0.4) is 0 Å². The number of rotatable bonds is 8. The van der Waals surface area contributed by atoms with Crippen LogP contribution in [0.2, 0.25) is 0 Å². The van der Waals surface area contributed by atoms with Crippen molar-refractivity contribution >= 4 is 0 Å². The van der Waals surface area contributed by atoms with E-state index in [1.54, 1.807) is 6.92 Å². The number of hydrogen-bond acceptors (Lipinski definition) is 7. The second kappa shape index (κ2) is 8.80. The van der Waals surface area contributed by atoms with Crippen molar-refractivity contribution in [2.45, 2.75) is 37.4 Å². The number of hydrogen-bond donors (Lipinski definition) is 3. The minimum Gasteiger partial charge on any atom is -0.394 e. The van der Waals surface area contributed by atoms with E-state index in [2.05, 4.69) is 0 Å². The summed E-state index contributed by atoms with van der Waals surface area (Å²) in [6.07, 6.45) is -2.71. The van der Waals surface area contributed by atoms with Gasteiger partial charge in [-0.25, -0.2) is 0 Å². The predicted octanol–water partition coefficient (Wildman–Crippen LogP) is -1.46. The van der Waals surface area contributed by atoms with Crippen molar-refractivity contribution in [1.82, 2.24) is 0 Å². The molecule has 7 nitrogen and oxygen atoms in total. The highest BCUT2D eigenvalue weighted by Gasteiger charge is 2.44. The van der Waals surface area contributed by atoms with Gasteiger partial charge in [-0.2, -0.15) is 0 Å². The highest BCUT2D eigenvalue weighted by molar-refractivity contribution is 4.92. The molecule has 0 aliphatic carbocycles. The Balaban J connectivity index is 2.64. The monoisotopic (exact) mass is 280 g/mol. The van der Waals surface area contributed by atoms with Gasteiger partial charge in [-0.1, -0.05) is 0 Å². The van der Waals surface area contributed by atoms with E-state index in [1.165, 1.54) is 7.11 Å². The molecule has 1 aliphatic rings. The first-order valence-corrected chi connectivity index (χ1v) is 6.43. The summed E-state index contributed by atoms with van der Waals surface area (Å²) in [5.74, 6) is 0. The van der Waals surface area contributed by atoms with Crippen LogP contribution in [0.25, 0.3) is 0 Å². The fraction of sp³-hybridized carbons (Fsp3) is 1.00. The third-order valence-electron chi connectivity index (χ3n) is 3.09. The van der Waals surface area contributed by atoms with E-state index in [4.69, 9.17) is 29.2 Å². The third-order valence-corrected chi connectivity index (χ3v) is 3.09. The maximum absolute atomic E-state index is 10.1. The summed E-state index contributed by atoms with van der Waals surface area (Å²) in [7, 11) is 1.51. The van der Waals surface area contributed by atoms with Crippen molar-refractivity contribution in [2.24, 2.45) is 0 Å². The SMILES string of the molecule is COC1C(COCCO)O[C@@H](C)C(O)C1OCCO. The first-order valence-electron chi connectivity index (χ1n) is 6.43. The van der Waals surface area contributed by atoms with Crippen molar-refractivity contribution in [3.8, 4) is 0 Å². The molecule has 0 spiro atoms. The molecule has 3 N–H and O–H groups in total. The van der Waals surface area contributed by atoms with Gasteiger partial charge in [-0.05, 0) is 6.92 Å². The Morgan fingerprint density at radius 2 is 1.79 bits per heavy atom. The van der Waals surface area contributed by atoms with Gasteiger partial charge in [0.2, 0.25) is 0 Å². The lowest BCUT2D eigenvalue weighted by atomic mass is 9.95. The lowest BCUT2D eigenvalue weighted by molar-refractivity contribution is -0.247. The van der Waals surface area contributed by atoms with E-state index in [0.29, 0.717) is 0 Å². The zero-order valence-electron chi connectivity index (χ0n) is 11.4. The summed E-state index contributed by atoms with van der Waals surface area (Å²) in [5, 5.41) is 27.6. The van der Waals surface area contributed by atoms with Crippen molar-refractivity contribution in [3.05, 3.63) is 0 Å². The first-order chi connectivity index (χ1) is 9.15. The average Bonchev–Trinajstić information content (AvgIpc) is 2.41. The Kier molecular flexibility index (Phi) is 7.77. The topological polar surface area (TPSA) is 97.6 Å². The largest absolute Gasteiger partial charge is 0.394 e. The number of aliphatic hydroxyl groups excluding tert-OH is 3. The van der Waals surface area contributed by atoms with E-state index in [0.717, 1.165) is 0 Å². The van der Waals surface area contributed by atoms with Crippen LogP contribution in [0.1, 0.15) is 6.92 Å². The van der Waals surface area contributed by atoms with E-state index in [-0.39, 0.29) is 33.0 Å². The van der Waals surface area contributed by atoms with Gasteiger partial charge in [0.05, 0.1) is 39.1 Å². The summed E-state index contributed by atoms with van der Waals surface area (Å²) in [6, 6.07) is 0. The molecule has 1 fully saturated rings. The molecule has 0 amide bonds. The molecule has 0 radical (unpaired) electrons. The normalized spacial score (nSPS) is 35.5. The summed E-state index contributed by atoms with van der Waals surface area (Å²) in [5.41, 5.74) is 0. The molecule has 0 aromatic heterocycles. The summed E-state index contributed by atoms with van der Waals surface area (Å²) < 4.78 is 21.7. The molecule has 0 aromatic rings. The quantitative estimate of drug-likeness (QED) is 0.467. The molecular weight excluding hydrogens is 256 g/mol. The molecule has 1 rings (SSSR count). The standard InChI is InChI=1S/C12H24O7/c1-8-10(15)12(18-6-4-14)11(16-2)9(19-8)7-17-5-3-13/h8-15H,3-7H2,1-2H3/t8-,9?,10?,11?,12?/m0/s1. The molecule has 0 bridgehead atoms. The third kappa shape index (κ3) is 4.64. The van der Waals surface area contributed by atoms with Gasteiger partial charge in [0, 0.05) is 7.11 Å². The van der Waals surface area contributed by atoms with Gasteiger partial charge >= 0.3 is 0 Å². The molecule has 114 valence electrons. The highest BCUT2D eigenvalue weighted by atomic mass is 16.6. The molecule has 4 unspecified atom stereocenters. The first kappa shape index (κ1) is 16.8. The van der Waals surface area contributed by atoms with Crippen molar-refractivity contribution in [3.63, 3.8) is 0 Å². The Bertz CT molecular complexity index is 238. The summed E-state index contributed by atoms with van der Waals surface area (Å²) >= 11 is 0. The van der Waals surface area contributed by atoms with Crippen LogP contribution in [-0.4, -0.2) is 86.0 Å². The molecule has 0 aromatic carbocycles. The van der Waals surface area contributed by atoms with E-state index >= 15 is 0 Å². The minimum absolute atomic E-state index is 0.0625. The van der Waals surface area contributed by atoms with Crippen LogP contribution >= 0.6 is 0 Å². The van der Waals surface area contributed by atoms with Crippen LogP contribution in [0.4, 0.5) is 0 Å². The zero-order valence-corrected chi connectivity index (χ0v) is 11.4. The van der Waals surface area contributed by atoms with E-state index in [9.17, 15) is 5.11 Å². The second-order valence-corrected chi connectivity index (χ2v) is 4.43. The molecule has 1 heterocycles. The maximum atomic E-state index is 10.1. The summed E-state index contributed by atoms with van der Waals surface area (Å²) in [4.78, 5) is 0.